The zero-order chi connectivity index (χ0) is 16.3. The van der Waals surface area contributed by atoms with Crippen molar-refractivity contribution in [3.63, 3.8) is 0 Å². The molecule has 2 aliphatic carbocycles. The van der Waals surface area contributed by atoms with Gasteiger partial charge in [0.2, 0.25) is 5.91 Å². The van der Waals surface area contributed by atoms with Gasteiger partial charge in [-0.15, -0.1) is 0 Å². The van der Waals surface area contributed by atoms with E-state index in [1.807, 2.05) is 0 Å². The first-order chi connectivity index (χ1) is 11.0. The highest BCUT2D eigenvalue weighted by Gasteiger charge is 2.41. The molecular formula is C18H31NO3S. The van der Waals surface area contributed by atoms with Crippen molar-refractivity contribution in [2.45, 2.75) is 70.6 Å². The van der Waals surface area contributed by atoms with Crippen molar-refractivity contribution in [2.24, 2.45) is 17.3 Å². The van der Waals surface area contributed by atoms with Gasteiger partial charge in [0.05, 0.1) is 17.4 Å². The molecule has 4 nitrogen and oxygen atoms in total. The fourth-order valence-electron chi connectivity index (χ4n) is 5.11. The van der Waals surface area contributed by atoms with E-state index in [0.29, 0.717) is 6.42 Å². The third-order valence-corrected chi connectivity index (χ3v) is 8.31. The highest BCUT2D eigenvalue weighted by Crippen LogP contribution is 2.47. The highest BCUT2D eigenvalue weighted by atomic mass is 32.2. The molecule has 0 bridgehead atoms. The van der Waals surface area contributed by atoms with Gasteiger partial charge in [0.1, 0.15) is 0 Å². The van der Waals surface area contributed by atoms with Gasteiger partial charge < -0.3 is 5.32 Å². The molecular weight excluding hydrogens is 310 g/mol. The van der Waals surface area contributed by atoms with Gasteiger partial charge in [-0.25, -0.2) is 8.42 Å². The predicted octanol–water partition coefficient (Wildman–Crippen LogP) is 3.07. The van der Waals surface area contributed by atoms with Crippen molar-refractivity contribution >= 4 is 15.7 Å². The Hall–Kier alpha value is -0.580. The van der Waals surface area contributed by atoms with Gasteiger partial charge in [-0.1, -0.05) is 38.5 Å². The summed E-state index contributed by atoms with van der Waals surface area (Å²) in [6, 6.07) is 0. The molecule has 0 unspecified atom stereocenters. The maximum atomic E-state index is 12.4. The van der Waals surface area contributed by atoms with Crippen molar-refractivity contribution in [3.05, 3.63) is 0 Å². The van der Waals surface area contributed by atoms with Crippen LogP contribution in [0.2, 0.25) is 0 Å². The standard InChI is InChI=1S/C18H31NO3S/c20-17(15-9-12-23(21,22)13-15)19-14-18(10-5-2-6-11-18)16-7-3-1-4-8-16/h15-16H,1-14H2,(H,19,20)/t15-/m1/s1. The number of carbonyl (C=O) groups excluding carboxylic acids is 1. The molecule has 1 N–H and O–H groups in total. The summed E-state index contributed by atoms with van der Waals surface area (Å²) in [6.07, 6.45) is 13.5. The van der Waals surface area contributed by atoms with E-state index in [2.05, 4.69) is 5.32 Å². The minimum Gasteiger partial charge on any atom is -0.355 e. The van der Waals surface area contributed by atoms with Crippen LogP contribution in [0.4, 0.5) is 0 Å². The molecule has 3 fully saturated rings. The van der Waals surface area contributed by atoms with Crippen molar-refractivity contribution < 1.29 is 13.2 Å². The molecule has 1 aliphatic heterocycles. The van der Waals surface area contributed by atoms with E-state index < -0.39 is 9.84 Å². The van der Waals surface area contributed by atoms with Gasteiger partial charge in [-0.05, 0) is 43.4 Å². The maximum absolute atomic E-state index is 12.4. The molecule has 3 aliphatic rings. The maximum Gasteiger partial charge on any atom is 0.224 e. The molecule has 0 aromatic rings. The third-order valence-electron chi connectivity index (χ3n) is 6.54. The second kappa shape index (κ2) is 7.12. The molecule has 0 aromatic carbocycles. The second-order valence-corrected chi connectivity index (χ2v) is 10.3. The van der Waals surface area contributed by atoms with Gasteiger partial charge in [-0.3, -0.25) is 4.79 Å². The largest absolute Gasteiger partial charge is 0.355 e. The van der Waals surface area contributed by atoms with Gasteiger partial charge in [0.15, 0.2) is 9.84 Å². The third kappa shape index (κ3) is 4.09. The Bertz CT molecular complexity index is 516. The summed E-state index contributed by atoms with van der Waals surface area (Å²) in [5.41, 5.74) is 0.284. The second-order valence-electron chi connectivity index (χ2n) is 8.08. The number of amides is 1. The topological polar surface area (TPSA) is 63.2 Å². The lowest BCUT2D eigenvalue weighted by Gasteiger charge is -2.45. The molecule has 0 spiro atoms. The first kappa shape index (κ1) is 17.2. The summed E-state index contributed by atoms with van der Waals surface area (Å²) >= 11 is 0. The van der Waals surface area contributed by atoms with E-state index >= 15 is 0 Å². The van der Waals surface area contributed by atoms with Crippen LogP contribution in [0, 0.1) is 17.3 Å². The highest BCUT2D eigenvalue weighted by molar-refractivity contribution is 7.91. The summed E-state index contributed by atoms with van der Waals surface area (Å²) in [6.45, 7) is 0.771. The van der Waals surface area contributed by atoms with E-state index in [4.69, 9.17) is 0 Å². The van der Waals surface area contributed by atoms with Gasteiger partial charge in [0, 0.05) is 6.54 Å². The summed E-state index contributed by atoms with van der Waals surface area (Å²) in [5.74, 6) is 0.650. The summed E-state index contributed by atoms with van der Waals surface area (Å²) in [4.78, 5) is 12.4. The van der Waals surface area contributed by atoms with Crippen LogP contribution in [0.5, 0.6) is 0 Å². The molecule has 23 heavy (non-hydrogen) atoms. The smallest absolute Gasteiger partial charge is 0.224 e. The molecule has 1 atom stereocenters. The molecule has 2 saturated carbocycles. The molecule has 1 saturated heterocycles. The zero-order valence-corrected chi connectivity index (χ0v) is 15.0. The van der Waals surface area contributed by atoms with Crippen molar-refractivity contribution in [2.75, 3.05) is 18.1 Å². The number of carbonyl (C=O) groups is 1. The van der Waals surface area contributed by atoms with Gasteiger partial charge in [-0.2, -0.15) is 0 Å². The quantitative estimate of drug-likeness (QED) is 0.855. The number of sulfone groups is 1. The van der Waals surface area contributed by atoms with Crippen LogP contribution in [-0.4, -0.2) is 32.4 Å². The van der Waals surface area contributed by atoms with Crippen molar-refractivity contribution in [3.8, 4) is 0 Å². The Kier molecular flexibility index (Phi) is 5.34. The summed E-state index contributed by atoms with van der Waals surface area (Å²) in [5, 5.41) is 3.17. The average molecular weight is 342 g/mol. The van der Waals surface area contributed by atoms with Gasteiger partial charge in [0.25, 0.3) is 0 Å². The lowest BCUT2D eigenvalue weighted by atomic mass is 9.61. The van der Waals surface area contributed by atoms with Crippen molar-refractivity contribution in [1.82, 2.24) is 5.32 Å². The molecule has 3 rings (SSSR count). The van der Waals surface area contributed by atoms with Crippen LogP contribution in [0.15, 0.2) is 0 Å². The SMILES string of the molecule is O=C(NCC1(C2CCCCC2)CCCCC1)[C@@H]1CCS(=O)(=O)C1. The number of hydrogen-bond acceptors (Lipinski definition) is 3. The van der Waals surface area contributed by atoms with E-state index in [9.17, 15) is 13.2 Å². The summed E-state index contributed by atoms with van der Waals surface area (Å²) in [7, 11) is -2.98. The molecule has 5 heteroatoms. The van der Waals surface area contributed by atoms with E-state index in [1.165, 1.54) is 64.2 Å². The Morgan fingerprint density at radius 2 is 1.61 bits per heavy atom. The molecule has 132 valence electrons. The fourth-order valence-corrected chi connectivity index (χ4v) is 6.85. The minimum absolute atomic E-state index is 0.0215. The molecule has 1 amide bonds. The van der Waals surface area contributed by atoms with Crippen LogP contribution in [-0.2, 0) is 14.6 Å². The number of nitrogens with one attached hydrogen (secondary N) is 1. The van der Waals surface area contributed by atoms with E-state index in [-0.39, 0.29) is 28.7 Å². The van der Waals surface area contributed by atoms with Crippen LogP contribution in [0.25, 0.3) is 0 Å². The first-order valence-electron chi connectivity index (χ1n) is 9.49. The predicted molar refractivity (Wildman–Crippen MR) is 91.9 cm³/mol. The fraction of sp³-hybridized carbons (Fsp3) is 0.944. The minimum atomic E-state index is -2.98. The lowest BCUT2D eigenvalue weighted by Crippen LogP contribution is -2.46. The van der Waals surface area contributed by atoms with E-state index in [1.54, 1.807) is 0 Å². The number of hydrogen-bond donors (Lipinski definition) is 1. The van der Waals surface area contributed by atoms with Crippen LogP contribution in [0.1, 0.15) is 70.6 Å². The molecule has 0 radical (unpaired) electrons. The van der Waals surface area contributed by atoms with Crippen LogP contribution in [0.3, 0.4) is 0 Å². The monoisotopic (exact) mass is 341 g/mol. The molecule has 1 heterocycles. The Morgan fingerprint density at radius 1 is 0.957 bits per heavy atom. The average Bonchev–Trinajstić information content (AvgIpc) is 2.94. The summed E-state index contributed by atoms with van der Waals surface area (Å²) < 4.78 is 23.2. The Balaban J connectivity index is 1.61. The Labute approximate surface area is 140 Å². The lowest BCUT2D eigenvalue weighted by molar-refractivity contribution is -0.125. The van der Waals surface area contributed by atoms with Crippen LogP contribution < -0.4 is 5.32 Å². The Morgan fingerprint density at radius 3 is 2.22 bits per heavy atom. The number of rotatable bonds is 4. The zero-order valence-electron chi connectivity index (χ0n) is 14.2. The first-order valence-corrected chi connectivity index (χ1v) is 11.3. The van der Waals surface area contributed by atoms with Crippen LogP contribution >= 0.6 is 0 Å². The normalized spacial score (nSPS) is 30.9. The van der Waals surface area contributed by atoms with Crippen molar-refractivity contribution in [1.29, 1.82) is 0 Å². The van der Waals surface area contributed by atoms with E-state index in [0.717, 1.165) is 12.5 Å². The molecule has 0 aromatic heterocycles. The van der Waals surface area contributed by atoms with Gasteiger partial charge >= 0.3 is 0 Å².